The normalized spacial score (nSPS) is 9.56. The molecule has 1 heterocycles. The predicted molar refractivity (Wildman–Crippen MR) is 54.6 cm³/mol. The topological polar surface area (TPSA) is 104 Å². The third kappa shape index (κ3) is 4.36. The molecule has 3 N–H and O–H groups in total. The van der Waals surface area contributed by atoms with Crippen LogP contribution in [0.5, 0.6) is 0 Å². The van der Waals surface area contributed by atoms with Crippen LogP contribution in [-0.4, -0.2) is 33.6 Å². The molecule has 0 bridgehead atoms. The van der Waals surface area contributed by atoms with E-state index in [1.165, 1.54) is 0 Å². The quantitative estimate of drug-likeness (QED) is 0.649. The number of nitrogens with zero attached hydrogens (tertiary/aromatic N) is 2. The number of carboxylic acids is 1. The summed E-state index contributed by atoms with van der Waals surface area (Å²) < 4.78 is 0. The summed E-state index contributed by atoms with van der Waals surface area (Å²) in [5, 5.41) is 12.9. The lowest BCUT2D eigenvalue weighted by atomic mass is 10.4. The van der Waals surface area contributed by atoms with Crippen molar-refractivity contribution in [1.82, 2.24) is 20.6 Å². The van der Waals surface area contributed by atoms with Crippen molar-refractivity contribution in [3.05, 3.63) is 23.8 Å². The molecule has 0 saturated carbocycles. The monoisotopic (exact) mass is 224 g/mol. The van der Waals surface area contributed by atoms with Gasteiger partial charge in [0.05, 0.1) is 24.1 Å². The van der Waals surface area contributed by atoms with Crippen molar-refractivity contribution in [2.24, 2.45) is 0 Å². The number of nitrogens with one attached hydrogen (secondary N) is 2. The Morgan fingerprint density at radius 1 is 1.31 bits per heavy atom. The minimum Gasteiger partial charge on any atom is -0.480 e. The van der Waals surface area contributed by atoms with Gasteiger partial charge in [0.1, 0.15) is 6.54 Å². The van der Waals surface area contributed by atoms with Gasteiger partial charge in [0.15, 0.2) is 0 Å². The van der Waals surface area contributed by atoms with Crippen LogP contribution in [0.4, 0.5) is 4.79 Å². The van der Waals surface area contributed by atoms with E-state index in [0.29, 0.717) is 5.69 Å². The molecule has 0 aliphatic carbocycles. The van der Waals surface area contributed by atoms with E-state index >= 15 is 0 Å². The van der Waals surface area contributed by atoms with Crippen LogP contribution in [0.25, 0.3) is 0 Å². The Balaban J connectivity index is 2.31. The van der Waals surface area contributed by atoms with E-state index in [2.05, 4.69) is 20.6 Å². The molecule has 7 heteroatoms. The van der Waals surface area contributed by atoms with Gasteiger partial charge in [-0.15, -0.1) is 0 Å². The van der Waals surface area contributed by atoms with Gasteiger partial charge in [-0.25, -0.2) is 4.79 Å². The molecule has 0 aliphatic rings. The lowest BCUT2D eigenvalue weighted by Gasteiger charge is -2.04. The van der Waals surface area contributed by atoms with E-state index in [4.69, 9.17) is 5.11 Å². The van der Waals surface area contributed by atoms with Gasteiger partial charge in [-0.05, 0) is 6.92 Å². The first-order valence-electron chi connectivity index (χ1n) is 4.59. The molecule has 0 radical (unpaired) electrons. The maximum atomic E-state index is 11.1. The highest BCUT2D eigenvalue weighted by Crippen LogP contribution is 1.92. The smallest absolute Gasteiger partial charge is 0.323 e. The maximum absolute atomic E-state index is 11.1. The number of carboxylic acid groups (broad SMARTS) is 1. The molecule has 1 rings (SSSR count). The summed E-state index contributed by atoms with van der Waals surface area (Å²) in [5.74, 6) is -1.09. The van der Waals surface area contributed by atoms with Crippen molar-refractivity contribution in [1.29, 1.82) is 0 Å². The highest BCUT2D eigenvalue weighted by molar-refractivity contribution is 5.79. The number of aromatic nitrogens is 2. The maximum Gasteiger partial charge on any atom is 0.323 e. The van der Waals surface area contributed by atoms with Crippen LogP contribution >= 0.6 is 0 Å². The molecule has 7 nitrogen and oxygen atoms in total. The highest BCUT2D eigenvalue weighted by Gasteiger charge is 2.03. The molecule has 0 atom stereocenters. The Labute approximate surface area is 91.9 Å². The molecule has 1 aromatic rings. The third-order valence-electron chi connectivity index (χ3n) is 1.66. The van der Waals surface area contributed by atoms with E-state index < -0.39 is 18.5 Å². The molecule has 16 heavy (non-hydrogen) atoms. The van der Waals surface area contributed by atoms with Gasteiger partial charge in [-0.2, -0.15) is 0 Å². The SMILES string of the molecule is Cc1cnc(CNC(=O)NCC(=O)O)cn1. The average Bonchev–Trinajstić information content (AvgIpc) is 2.25. The van der Waals surface area contributed by atoms with Gasteiger partial charge in [0.25, 0.3) is 0 Å². The summed E-state index contributed by atoms with van der Waals surface area (Å²) in [7, 11) is 0. The van der Waals surface area contributed by atoms with Crippen LogP contribution in [0.1, 0.15) is 11.4 Å². The number of urea groups is 1. The van der Waals surface area contributed by atoms with Crippen molar-refractivity contribution >= 4 is 12.0 Å². The number of hydrogen-bond donors (Lipinski definition) is 3. The Morgan fingerprint density at radius 3 is 2.62 bits per heavy atom. The number of aryl methyl sites for hydroxylation is 1. The Hall–Kier alpha value is -2.18. The lowest BCUT2D eigenvalue weighted by molar-refractivity contribution is -0.135. The van der Waals surface area contributed by atoms with Crippen LogP contribution in [-0.2, 0) is 11.3 Å². The van der Waals surface area contributed by atoms with Crippen LogP contribution in [0.15, 0.2) is 12.4 Å². The summed E-state index contributed by atoms with van der Waals surface area (Å²) in [6.45, 7) is 1.61. The number of rotatable bonds is 4. The summed E-state index contributed by atoms with van der Waals surface area (Å²) in [5.41, 5.74) is 1.40. The van der Waals surface area contributed by atoms with Crippen LogP contribution < -0.4 is 10.6 Å². The molecule has 0 unspecified atom stereocenters. The standard InChI is InChI=1S/C9H12N4O3/c1-6-2-11-7(3-10-6)4-12-9(16)13-5-8(14)15/h2-3H,4-5H2,1H3,(H,14,15)(H2,12,13,16). The largest absolute Gasteiger partial charge is 0.480 e. The number of hydrogen-bond acceptors (Lipinski definition) is 4. The molecule has 1 aromatic heterocycles. The summed E-state index contributed by atoms with van der Waals surface area (Å²) in [4.78, 5) is 29.2. The van der Waals surface area contributed by atoms with Crippen LogP contribution in [0.2, 0.25) is 0 Å². The van der Waals surface area contributed by atoms with Gasteiger partial charge in [0, 0.05) is 6.20 Å². The number of amides is 2. The summed E-state index contributed by atoms with van der Waals surface area (Å²) in [6, 6.07) is -0.551. The van der Waals surface area contributed by atoms with E-state index in [0.717, 1.165) is 5.69 Å². The first-order chi connectivity index (χ1) is 7.58. The first-order valence-corrected chi connectivity index (χ1v) is 4.59. The fourth-order valence-electron chi connectivity index (χ4n) is 0.900. The van der Waals surface area contributed by atoms with Gasteiger partial charge in [0.2, 0.25) is 0 Å². The van der Waals surface area contributed by atoms with Gasteiger partial charge in [-0.1, -0.05) is 0 Å². The lowest BCUT2D eigenvalue weighted by Crippen LogP contribution is -2.38. The molecule has 2 amide bonds. The zero-order valence-electron chi connectivity index (χ0n) is 8.73. The zero-order valence-corrected chi connectivity index (χ0v) is 8.73. The molecule has 86 valence electrons. The van der Waals surface area contributed by atoms with Crippen molar-refractivity contribution in [2.75, 3.05) is 6.54 Å². The Kier molecular flexibility index (Phi) is 4.19. The minimum atomic E-state index is -1.09. The van der Waals surface area contributed by atoms with Gasteiger partial charge < -0.3 is 15.7 Å². The van der Waals surface area contributed by atoms with Crippen molar-refractivity contribution in [2.45, 2.75) is 13.5 Å². The van der Waals surface area contributed by atoms with E-state index in [-0.39, 0.29) is 6.54 Å². The van der Waals surface area contributed by atoms with Crippen molar-refractivity contribution in [3.8, 4) is 0 Å². The summed E-state index contributed by atoms with van der Waals surface area (Å²) >= 11 is 0. The van der Waals surface area contributed by atoms with E-state index in [1.54, 1.807) is 12.4 Å². The first kappa shape index (κ1) is 11.9. The molecule has 0 spiro atoms. The van der Waals surface area contributed by atoms with Crippen LogP contribution in [0, 0.1) is 6.92 Å². The van der Waals surface area contributed by atoms with Crippen molar-refractivity contribution < 1.29 is 14.7 Å². The predicted octanol–water partition coefficient (Wildman–Crippen LogP) is -0.331. The van der Waals surface area contributed by atoms with Crippen LogP contribution in [0.3, 0.4) is 0 Å². The zero-order chi connectivity index (χ0) is 12.0. The fourth-order valence-corrected chi connectivity index (χ4v) is 0.900. The molecular weight excluding hydrogens is 212 g/mol. The van der Waals surface area contributed by atoms with Gasteiger partial charge in [-0.3, -0.25) is 14.8 Å². The Morgan fingerprint density at radius 2 is 2.06 bits per heavy atom. The second-order valence-corrected chi connectivity index (χ2v) is 3.08. The molecule has 0 saturated heterocycles. The summed E-state index contributed by atoms with van der Waals surface area (Å²) in [6.07, 6.45) is 3.14. The Bertz CT molecular complexity index is 377. The average molecular weight is 224 g/mol. The van der Waals surface area contributed by atoms with Gasteiger partial charge >= 0.3 is 12.0 Å². The van der Waals surface area contributed by atoms with E-state index in [1.807, 2.05) is 6.92 Å². The molecular formula is C9H12N4O3. The van der Waals surface area contributed by atoms with E-state index in [9.17, 15) is 9.59 Å². The number of carbonyl (C=O) groups is 2. The third-order valence-corrected chi connectivity index (χ3v) is 1.66. The minimum absolute atomic E-state index is 0.207. The molecule has 0 fully saturated rings. The molecule has 0 aliphatic heterocycles. The number of aliphatic carboxylic acids is 1. The molecule has 0 aromatic carbocycles. The fraction of sp³-hybridized carbons (Fsp3) is 0.333. The second kappa shape index (κ2) is 5.64. The highest BCUT2D eigenvalue weighted by atomic mass is 16.4. The number of carbonyl (C=O) groups excluding carboxylic acids is 1. The second-order valence-electron chi connectivity index (χ2n) is 3.08. The van der Waals surface area contributed by atoms with Crippen molar-refractivity contribution in [3.63, 3.8) is 0 Å².